The van der Waals surface area contributed by atoms with Gasteiger partial charge in [0, 0.05) is 43.3 Å². The molecule has 1 aliphatic heterocycles. The number of nitrogens with zero attached hydrogens (tertiary/aromatic N) is 2. The first-order chi connectivity index (χ1) is 10.1. The number of anilines is 1. The molecule has 0 radical (unpaired) electrons. The number of rotatable bonds is 4. The van der Waals surface area contributed by atoms with Gasteiger partial charge in [0.05, 0.1) is 0 Å². The van der Waals surface area contributed by atoms with Crippen LogP contribution in [-0.2, 0) is 0 Å². The number of aromatic nitrogens is 1. The average molecular weight is 285 g/mol. The van der Waals surface area contributed by atoms with Gasteiger partial charge in [0.15, 0.2) is 5.89 Å². The maximum atomic E-state index is 5.26. The predicted molar refractivity (Wildman–Crippen MR) is 85.4 cm³/mol. The van der Waals surface area contributed by atoms with Crippen molar-refractivity contribution in [3.8, 4) is 11.3 Å². The largest absolute Gasteiger partial charge is 0.449 e. The summed E-state index contributed by atoms with van der Waals surface area (Å²) in [6.45, 7) is 8.70. The highest BCUT2D eigenvalue weighted by Gasteiger charge is 2.23. The molecule has 1 aromatic carbocycles. The Morgan fingerprint density at radius 3 is 2.62 bits per heavy atom. The average Bonchev–Trinajstić information content (AvgIpc) is 3.09. The van der Waals surface area contributed by atoms with Crippen molar-refractivity contribution in [1.82, 2.24) is 9.88 Å². The van der Waals surface area contributed by atoms with Crippen molar-refractivity contribution in [1.29, 1.82) is 0 Å². The third-order valence-corrected chi connectivity index (χ3v) is 4.12. The standard InChI is InChI=1S/C17H23N3O/c1-12(2)20-9-8-16(10-20)19-15-6-4-14(5-7-15)17-11-21-13(3)18-17/h4-7,11-12,16,19H,8-10H2,1-3H3. The Morgan fingerprint density at radius 1 is 1.29 bits per heavy atom. The van der Waals surface area contributed by atoms with Crippen molar-refractivity contribution in [2.24, 2.45) is 0 Å². The van der Waals surface area contributed by atoms with E-state index in [0.29, 0.717) is 18.0 Å². The fourth-order valence-corrected chi connectivity index (χ4v) is 2.84. The van der Waals surface area contributed by atoms with Crippen LogP contribution in [0.2, 0.25) is 0 Å². The molecule has 0 aliphatic carbocycles. The Bertz CT molecular complexity index is 588. The van der Waals surface area contributed by atoms with E-state index in [4.69, 9.17) is 4.42 Å². The maximum absolute atomic E-state index is 5.26. The van der Waals surface area contributed by atoms with Crippen molar-refractivity contribution < 1.29 is 4.42 Å². The van der Waals surface area contributed by atoms with Crippen LogP contribution in [-0.4, -0.2) is 35.1 Å². The first-order valence-electron chi connectivity index (χ1n) is 7.65. The highest BCUT2D eigenvalue weighted by Crippen LogP contribution is 2.22. The second-order valence-corrected chi connectivity index (χ2v) is 6.05. The monoisotopic (exact) mass is 285 g/mol. The maximum Gasteiger partial charge on any atom is 0.191 e. The summed E-state index contributed by atoms with van der Waals surface area (Å²) >= 11 is 0. The molecule has 2 aromatic rings. The van der Waals surface area contributed by atoms with Crippen molar-refractivity contribution in [2.45, 2.75) is 39.3 Å². The Balaban J connectivity index is 1.63. The smallest absolute Gasteiger partial charge is 0.191 e. The first kappa shape index (κ1) is 14.1. The van der Waals surface area contributed by atoms with Crippen LogP contribution in [0.25, 0.3) is 11.3 Å². The van der Waals surface area contributed by atoms with Gasteiger partial charge in [-0.05, 0) is 32.4 Å². The minimum absolute atomic E-state index is 0.549. The molecule has 1 fully saturated rings. The molecule has 4 nitrogen and oxygen atoms in total. The summed E-state index contributed by atoms with van der Waals surface area (Å²) in [6, 6.07) is 9.61. The topological polar surface area (TPSA) is 41.3 Å². The summed E-state index contributed by atoms with van der Waals surface area (Å²) < 4.78 is 5.26. The lowest BCUT2D eigenvalue weighted by molar-refractivity contribution is 0.274. The number of benzene rings is 1. The van der Waals surface area contributed by atoms with Crippen LogP contribution in [0.15, 0.2) is 34.9 Å². The number of likely N-dealkylation sites (tertiary alicyclic amines) is 1. The minimum Gasteiger partial charge on any atom is -0.449 e. The molecule has 0 spiro atoms. The molecule has 1 N–H and O–H groups in total. The van der Waals surface area contributed by atoms with Crippen LogP contribution in [0.1, 0.15) is 26.2 Å². The normalized spacial score (nSPS) is 19.3. The SMILES string of the molecule is Cc1nc(-c2ccc(NC3CCN(C(C)C)C3)cc2)co1. The summed E-state index contributed by atoms with van der Waals surface area (Å²) in [4.78, 5) is 6.87. The summed E-state index contributed by atoms with van der Waals surface area (Å²) in [5.74, 6) is 0.701. The van der Waals surface area contributed by atoms with E-state index in [-0.39, 0.29) is 0 Å². The fourth-order valence-electron chi connectivity index (χ4n) is 2.84. The van der Waals surface area contributed by atoms with Crippen molar-refractivity contribution in [3.05, 3.63) is 36.4 Å². The van der Waals surface area contributed by atoms with E-state index < -0.39 is 0 Å². The van der Waals surface area contributed by atoms with E-state index in [1.54, 1.807) is 6.26 Å². The van der Waals surface area contributed by atoms with Gasteiger partial charge in [-0.2, -0.15) is 0 Å². The molecule has 0 amide bonds. The molecule has 1 aliphatic rings. The Kier molecular flexibility index (Phi) is 3.97. The second-order valence-electron chi connectivity index (χ2n) is 6.05. The van der Waals surface area contributed by atoms with Gasteiger partial charge in [-0.3, -0.25) is 4.90 Å². The van der Waals surface area contributed by atoms with Gasteiger partial charge in [-0.15, -0.1) is 0 Å². The van der Waals surface area contributed by atoms with Gasteiger partial charge in [0.2, 0.25) is 0 Å². The number of oxazole rings is 1. The molecule has 0 bridgehead atoms. The van der Waals surface area contributed by atoms with Crippen LogP contribution in [0, 0.1) is 6.92 Å². The van der Waals surface area contributed by atoms with Crippen LogP contribution in [0.3, 0.4) is 0 Å². The lowest BCUT2D eigenvalue weighted by Crippen LogP contribution is -2.31. The van der Waals surface area contributed by atoms with Gasteiger partial charge in [0.25, 0.3) is 0 Å². The summed E-state index contributed by atoms with van der Waals surface area (Å²) in [5, 5.41) is 3.62. The number of nitrogens with one attached hydrogen (secondary N) is 1. The second kappa shape index (κ2) is 5.90. The third-order valence-electron chi connectivity index (χ3n) is 4.12. The molecular weight excluding hydrogens is 262 g/mol. The van der Waals surface area contributed by atoms with Crippen LogP contribution in [0.5, 0.6) is 0 Å². The Hall–Kier alpha value is -1.81. The third kappa shape index (κ3) is 3.27. The molecule has 4 heteroatoms. The first-order valence-corrected chi connectivity index (χ1v) is 7.65. The lowest BCUT2D eigenvalue weighted by Gasteiger charge is -2.20. The van der Waals surface area contributed by atoms with Crippen LogP contribution in [0.4, 0.5) is 5.69 Å². The Morgan fingerprint density at radius 2 is 2.05 bits per heavy atom. The predicted octanol–water partition coefficient (Wildman–Crippen LogP) is 3.54. The molecule has 2 heterocycles. The van der Waals surface area contributed by atoms with Gasteiger partial charge < -0.3 is 9.73 Å². The van der Waals surface area contributed by atoms with E-state index >= 15 is 0 Å². The van der Waals surface area contributed by atoms with Crippen molar-refractivity contribution >= 4 is 5.69 Å². The Labute approximate surface area is 126 Å². The zero-order valence-electron chi connectivity index (χ0n) is 13.0. The number of hydrogen-bond acceptors (Lipinski definition) is 4. The van der Waals surface area contributed by atoms with E-state index in [1.165, 1.54) is 18.7 Å². The lowest BCUT2D eigenvalue weighted by atomic mass is 10.1. The van der Waals surface area contributed by atoms with E-state index in [0.717, 1.165) is 17.8 Å². The molecule has 1 unspecified atom stereocenters. The van der Waals surface area contributed by atoms with E-state index in [2.05, 4.69) is 53.3 Å². The van der Waals surface area contributed by atoms with Gasteiger partial charge >= 0.3 is 0 Å². The molecule has 1 aromatic heterocycles. The summed E-state index contributed by atoms with van der Waals surface area (Å²) in [6.07, 6.45) is 2.91. The van der Waals surface area contributed by atoms with Crippen molar-refractivity contribution in [3.63, 3.8) is 0 Å². The molecule has 3 rings (SSSR count). The molecule has 1 atom stereocenters. The zero-order chi connectivity index (χ0) is 14.8. The molecule has 112 valence electrons. The molecular formula is C17H23N3O. The molecule has 1 saturated heterocycles. The van der Waals surface area contributed by atoms with Crippen molar-refractivity contribution in [2.75, 3.05) is 18.4 Å². The van der Waals surface area contributed by atoms with E-state index in [1.807, 2.05) is 6.92 Å². The number of aryl methyl sites for hydroxylation is 1. The molecule has 21 heavy (non-hydrogen) atoms. The fraction of sp³-hybridized carbons (Fsp3) is 0.471. The van der Waals surface area contributed by atoms with Gasteiger partial charge in [-0.1, -0.05) is 12.1 Å². The highest BCUT2D eigenvalue weighted by molar-refractivity contribution is 5.62. The van der Waals surface area contributed by atoms with Crippen LogP contribution < -0.4 is 5.32 Å². The highest BCUT2D eigenvalue weighted by atomic mass is 16.3. The summed E-state index contributed by atoms with van der Waals surface area (Å²) in [5.41, 5.74) is 3.16. The number of hydrogen-bond donors (Lipinski definition) is 1. The van der Waals surface area contributed by atoms with Crippen LogP contribution >= 0.6 is 0 Å². The molecule has 0 saturated carbocycles. The quantitative estimate of drug-likeness (QED) is 0.933. The zero-order valence-corrected chi connectivity index (χ0v) is 13.0. The minimum atomic E-state index is 0.549. The summed E-state index contributed by atoms with van der Waals surface area (Å²) in [7, 11) is 0. The van der Waals surface area contributed by atoms with E-state index in [9.17, 15) is 0 Å². The van der Waals surface area contributed by atoms with Gasteiger partial charge in [-0.25, -0.2) is 4.98 Å². The van der Waals surface area contributed by atoms with Gasteiger partial charge in [0.1, 0.15) is 12.0 Å².